The molecule has 0 aromatic carbocycles. The van der Waals surface area contributed by atoms with Crippen molar-refractivity contribution >= 4 is 0 Å². The molecule has 1 N–H and O–H groups in total. The van der Waals surface area contributed by atoms with Gasteiger partial charge in [-0.25, -0.2) is 0 Å². The lowest BCUT2D eigenvalue weighted by Crippen LogP contribution is -2.35. The predicted molar refractivity (Wildman–Crippen MR) is 62.7 cm³/mol. The minimum atomic E-state index is -4.12. The van der Waals surface area contributed by atoms with E-state index in [1.54, 1.807) is 4.57 Å². The third-order valence-corrected chi connectivity index (χ3v) is 4.10. The van der Waals surface area contributed by atoms with Gasteiger partial charge < -0.3 is 9.88 Å². The van der Waals surface area contributed by atoms with Crippen LogP contribution >= 0.6 is 0 Å². The lowest BCUT2D eigenvalue weighted by molar-refractivity contribution is -0.182. The molecule has 3 rings (SSSR count). The number of rotatable bonds is 1. The molecule has 2 aliphatic rings. The smallest absolute Gasteiger partial charge is 0.316 e. The van der Waals surface area contributed by atoms with Crippen LogP contribution in [0.5, 0.6) is 0 Å². The molecule has 1 saturated heterocycles. The highest BCUT2D eigenvalue weighted by atomic mass is 19.4. The van der Waals surface area contributed by atoms with Crippen molar-refractivity contribution in [2.45, 2.75) is 44.3 Å². The summed E-state index contributed by atoms with van der Waals surface area (Å²) in [5.74, 6) is 0.380. The summed E-state index contributed by atoms with van der Waals surface area (Å²) in [6, 6.07) is 0. The van der Waals surface area contributed by atoms with Crippen molar-refractivity contribution in [3.05, 3.63) is 11.6 Å². The quantitative estimate of drug-likeness (QED) is 0.850. The largest absolute Gasteiger partial charge is 0.393 e. The van der Waals surface area contributed by atoms with Crippen LogP contribution in [0.3, 0.4) is 0 Å². The Labute approximate surface area is 109 Å². The Morgan fingerprint density at radius 2 is 2.05 bits per heavy atom. The van der Waals surface area contributed by atoms with Crippen molar-refractivity contribution in [3.8, 4) is 0 Å². The zero-order chi connectivity index (χ0) is 13.5. The number of halogens is 3. The van der Waals surface area contributed by atoms with Crippen LogP contribution in [0.2, 0.25) is 0 Å². The highest BCUT2D eigenvalue weighted by molar-refractivity contribution is 5.07. The Morgan fingerprint density at radius 3 is 2.74 bits per heavy atom. The third-order valence-electron chi connectivity index (χ3n) is 4.10. The van der Waals surface area contributed by atoms with Gasteiger partial charge in [-0.3, -0.25) is 0 Å². The van der Waals surface area contributed by atoms with E-state index in [1.807, 2.05) is 0 Å². The molecule has 19 heavy (non-hydrogen) atoms. The lowest BCUT2D eigenvalue weighted by Gasteiger charge is -2.28. The van der Waals surface area contributed by atoms with Crippen molar-refractivity contribution in [1.82, 2.24) is 20.1 Å². The molecule has 1 fully saturated rings. The van der Waals surface area contributed by atoms with Gasteiger partial charge in [0.1, 0.15) is 11.6 Å². The molecule has 0 radical (unpaired) electrons. The Kier molecular flexibility index (Phi) is 3.24. The van der Waals surface area contributed by atoms with Gasteiger partial charge in [0.15, 0.2) is 0 Å². The predicted octanol–water partition coefficient (Wildman–Crippen LogP) is 1.87. The second kappa shape index (κ2) is 4.77. The lowest BCUT2D eigenvalue weighted by atomic mass is 9.95. The van der Waals surface area contributed by atoms with Crippen LogP contribution in [0, 0.1) is 5.92 Å². The first-order chi connectivity index (χ1) is 9.05. The fourth-order valence-electron chi connectivity index (χ4n) is 2.99. The molecule has 3 heterocycles. The number of nitrogens with zero attached hydrogens (tertiary/aromatic N) is 3. The van der Waals surface area contributed by atoms with Crippen molar-refractivity contribution < 1.29 is 13.2 Å². The number of aryl methyl sites for hydroxylation is 1. The molecule has 2 atom stereocenters. The van der Waals surface area contributed by atoms with Gasteiger partial charge in [-0.15, -0.1) is 10.2 Å². The summed E-state index contributed by atoms with van der Waals surface area (Å²) < 4.78 is 40.3. The molecule has 0 aliphatic carbocycles. The molecule has 4 nitrogen and oxygen atoms in total. The molecule has 1 aromatic rings. The first-order valence-corrected chi connectivity index (χ1v) is 6.75. The van der Waals surface area contributed by atoms with E-state index in [2.05, 4.69) is 15.5 Å². The number of aromatic nitrogens is 3. The molecular formula is C12H17F3N4. The maximum Gasteiger partial charge on any atom is 0.393 e. The van der Waals surface area contributed by atoms with E-state index in [9.17, 15) is 13.2 Å². The van der Waals surface area contributed by atoms with E-state index >= 15 is 0 Å². The van der Waals surface area contributed by atoms with Crippen LogP contribution in [-0.4, -0.2) is 34.0 Å². The van der Waals surface area contributed by atoms with Gasteiger partial charge in [-0.2, -0.15) is 13.2 Å². The number of hydrogen-bond donors (Lipinski definition) is 1. The second-order valence-electron chi connectivity index (χ2n) is 5.41. The summed E-state index contributed by atoms with van der Waals surface area (Å²) in [7, 11) is 0. The second-order valence-corrected chi connectivity index (χ2v) is 5.41. The van der Waals surface area contributed by atoms with Crippen LogP contribution in [0.25, 0.3) is 0 Å². The molecule has 2 aliphatic heterocycles. The maximum absolute atomic E-state index is 12.8. The molecule has 106 valence electrons. The van der Waals surface area contributed by atoms with Crippen LogP contribution in [0.1, 0.15) is 36.8 Å². The van der Waals surface area contributed by atoms with Gasteiger partial charge >= 0.3 is 6.18 Å². The van der Waals surface area contributed by atoms with Gasteiger partial charge in [-0.1, -0.05) is 0 Å². The molecule has 0 spiro atoms. The Bertz CT molecular complexity index is 448. The fourth-order valence-corrected chi connectivity index (χ4v) is 2.99. The highest BCUT2D eigenvalue weighted by Crippen LogP contribution is 2.35. The average Bonchev–Trinajstić information content (AvgIpc) is 2.81. The standard InChI is InChI=1S/C12H17F3N4/c13-12(14,15)9-3-4-10-17-18-11(19(10)7-9)8-2-1-5-16-6-8/h8-9,16H,1-7H2. The number of fused-ring (bicyclic) bond motifs is 1. The first-order valence-electron chi connectivity index (χ1n) is 6.75. The summed E-state index contributed by atoms with van der Waals surface area (Å²) >= 11 is 0. The van der Waals surface area contributed by atoms with Gasteiger partial charge in [0, 0.05) is 25.4 Å². The summed E-state index contributed by atoms with van der Waals surface area (Å²) in [5, 5.41) is 11.5. The Hall–Kier alpha value is -1.11. The number of nitrogens with one attached hydrogen (secondary N) is 1. The molecule has 0 bridgehead atoms. The van der Waals surface area contributed by atoms with Crippen molar-refractivity contribution in [1.29, 1.82) is 0 Å². The van der Waals surface area contributed by atoms with E-state index in [1.165, 1.54) is 0 Å². The van der Waals surface area contributed by atoms with Gasteiger partial charge in [0.2, 0.25) is 0 Å². The zero-order valence-electron chi connectivity index (χ0n) is 10.6. The molecule has 1 aromatic heterocycles. The van der Waals surface area contributed by atoms with Gasteiger partial charge in [-0.05, 0) is 25.8 Å². The highest BCUT2D eigenvalue weighted by Gasteiger charge is 2.42. The number of alkyl halides is 3. The van der Waals surface area contributed by atoms with E-state index in [0.29, 0.717) is 12.2 Å². The molecule has 7 heteroatoms. The molecule has 0 saturated carbocycles. The summed E-state index contributed by atoms with van der Waals surface area (Å²) in [6.07, 6.45) is -1.61. The maximum atomic E-state index is 12.8. The van der Waals surface area contributed by atoms with Gasteiger partial charge in [0.05, 0.1) is 5.92 Å². The van der Waals surface area contributed by atoms with Crippen molar-refractivity contribution in [2.75, 3.05) is 13.1 Å². The topological polar surface area (TPSA) is 42.7 Å². The zero-order valence-corrected chi connectivity index (χ0v) is 10.6. The monoisotopic (exact) mass is 274 g/mol. The van der Waals surface area contributed by atoms with Crippen LogP contribution in [0.15, 0.2) is 0 Å². The fraction of sp³-hybridized carbons (Fsp3) is 0.833. The first kappa shape index (κ1) is 12.9. The van der Waals surface area contributed by atoms with E-state index in [-0.39, 0.29) is 18.9 Å². The number of piperidine rings is 1. The SMILES string of the molecule is FC(F)(F)C1CCc2nnc(C3CCCNC3)n2C1. The van der Waals surface area contributed by atoms with E-state index in [0.717, 1.165) is 31.8 Å². The number of hydrogen-bond acceptors (Lipinski definition) is 3. The minimum Gasteiger partial charge on any atom is -0.316 e. The summed E-state index contributed by atoms with van der Waals surface area (Å²) in [4.78, 5) is 0. The van der Waals surface area contributed by atoms with E-state index < -0.39 is 12.1 Å². The normalized spacial score (nSPS) is 28.2. The van der Waals surface area contributed by atoms with Crippen LogP contribution < -0.4 is 5.32 Å². The van der Waals surface area contributed by atoms with Crippen LogP contribution in [-0.2, 0) is 13.0 Å². The van der Waals surface area contributed by atoms with Crippen LogP contribution in [0.4, 0.5) is 13.2 Å². The third kappa shape index (κ3) is 2.48. The molecule has 2 unspecified atom stereocenters. The van der Waals surface area contributed by atoms with E-state index in [4.69, 9.17) is 0 Å². The summed E-state index contributed by atoms with van der Waals surface area (Å²) in [6.45, 7) is 1.75. The molecule has 0 amide bonds. The molecular weight excluding hydrogens is 257 g/mol. The van der Waals surface area contributed by atoms with Gasteiger partial charge in [0.25, 0.3) is 0 Å². The van der Waals surface area contributed by atoms with Crippen molar-refractivity contribution in [2.24, 2.45) is 5.92 Å². The average molecular weight is 274 g/mol. The Balaban J connectivity index is 1.84. The summed E-state index contributed by atoms with van der Waals surface area (Å²) in [5.41, 5.74) is 0. The Morgan fingerprint density at radius 1 is 1.21 bits per heavy atom. The minimum absolute atomic E-state index is 0.0162. The van der Waals surface area contributed by atoms with Crippen molar-refractivity contribution in [3.63, 3.8) is 0 Å².